The van der Waals surface area contributed by atoms with Crippen LogP contribution >= 0.6 is 0 Å². The van der Waals surface area contributed by atoms with Crippen molar-refractivity contribution in [1.82, 2.24) is 0 Å². The molecule has 2 atom stereocenters. The molecule has 0 radical (unpaired) electrons. The number of rotatable bonds is 4. The molecule has 6 heteroatoms. The van der Waals surface area contributed by atoms with E-state index in [0.717, 1.165) is 16.8 Å². The maximum Gasteiger partial charge on any atom is 0.258 e. The van der Waals surface area contributed by atoms with E-state index in [0.29, 0.717) is 17.1 Å². The van der Waals surface area contributed by atoms with Gasteiger partial charge in [-0.25, -0.2) is 4.39 Å². The van der Waals surface area contributed by atoms with E-state index >= 15 is 0 Å². The zero-order valence-electron chi connectivity index (χ0n) is 18.6. The van der Waals surface area contributed by atoms with Gasteiger partial charge in [-0.05, 0) is 54.1 Å². The molecule has 5 rings (SSSR count). The molecule has 33 heavy (non-hydrogen) atoms. The summed E-state index contributed by atoms with van der Waals surface area (Å²) in [6.45, 7) is 1.50. The van der Waals surface area contributed by atoms with E-state index in [9.17, 15) is 14.0 Å². The summed E-state index contributed by atoms with van der Waals surface area (Å²) < 4.78 is 19.1. The molecule has 0 aromatic heterocycles. The number of nitrogens with zero attached hydrogens (tertiary/aromatic N) is 2. The van der Waals surface area contributed by atoms with Crippen LogP contribution in [0.25, 0.3) is 0 Å². The third-order valence-electron chi connectivity index (χ3n) is 6.60. The lowest BCUT2D eigenvalue weighted by atomic mass is 9.76. The summed E-state index contributed by atoms with van der Waals surface area (Å²) in [6, 6.07) is 21.1. The Morgan fingerprint density at radius 2 is 1.67 bits per heavy atom. The van der Waals surface area contributed by atoms with Crippen molar-refractivity contribution in [3.8, 4) is 5.75 Å². The Bertz CT molecular complexity index is 1280. The molecule has 2 heterocycles. The highest BCUT2D eigenvalue weighted by Gasteiger charge is 2.62. The minimum absolute atomic E-state index is 0.152. The van der Waals surface area contributed by atoms with Gasteiger partial charge in [-0.3, -0.25) is 9.59 Å². The Morgan fingerprint density at radius 1 is 1.00 bits per heavy atom. The molecule has 0 bridgehead atoms. The average molecular weight is 442 g/mol. The van der Waals surface area contributed by atoms with Crippen LogP contribution in [0.15, 0.2) is 84.6 Å². The number of methoxy groups -OCH3 is 1. The first-order valence-electron chi connectivity index (χ1n) is 10.7. The number of fused-ring (bicyclic) bond motifs is 2. The van der Waals surface area contributed by atoms with Gasteiger partial charge in [0.05, 0.1) is 12.8 Å². The second-order valence-corrected chi connectivity index (χ2v) is 8.32. The topological polar surface area (TPSA) is 49.9 Å². The van der Waals surface area contributed by atoms with Crippen molar-refractivity contribution >= 4 is 23.1 Å². The number of para-hydroxylation sites is 1. The molecular formula is C27H23FN2O3. The van der Waals surface area contributed by atoms with Crippen LogP contribution < -0.4 is 14.5 Å². The number of carbonyl (C=O) groups is 2. The number of allylic oxidation sites excluding steroid dienone is 1. The quantitative estimate of drug-likeness (QED) is 0.583. The highest BCUT2D eigenvalue weighted by atomic mass is 19.1. The lowest BCUT2D eigenvalue weighted by Gasteiger charge is -2.41. The monoisotopic (exact) mass is 442 g/mol. The first-order chi connectivity index (χ1) is 15.9. The predicted molar refractivity (Wildman–Crippen MR) is 125 cm³/mol. The van der Waals surface area contributed by atoms with Crippen molar-refractivity contribution in [1.29, 1.82) is 0 Å². The number of likely N-dealkylation sites (N-methyl/N-ethyl adjacent to an activating group) is 1. The molecule has 0 saturated carbocycles. The van der Waals surface area contributed by atoms with Gasteiger partial charge in [0.2, 0.25) is 0 Å². The molecule has 166 valence electrons. The molecule has 0 fully saturated rings. The lowest BCUT2D eigenvalue weighted by Crippen LogP contribution is -2.53. The summed E-state index contributed by atoms with van der Waals surface area (Å²) in [6.07, 6.45) is 1.84. The van der Waals surface area contributed by atoms with Gasteiger partial charge >= 0.3 is 0 Å². The molecule has 0 N–H and O–H groups in total. The number of anilines is 2. The lowest BCUT2D eigenvalue weighted by molar-refractivity contribution is -0.123. The molecule has 3 aromatic carbocycles. The normalized spacial score (nSPS) is 21.4. The molecule has 2 aliphatic heterocycles. The largest absolute Gasteiger partial charge is 0.497 e. The highest BCUT2D eigenvalue weighted by Crippen LogP contribution is 2.58. The highest BCUT2D eigenvalue weighted by molar-refractivity contribution is 6.14. The molecule has 2 aliphatic rings. The van der Waals surface area contributed by atoms with Crippen molar-refractivity contribution in [2.24, 2.45) is 0 Å². The Hall–Kier alpha value is -3.93. The van der Waals surface area contributed by atoms with E-state index in [2.05, 4.69) is 0 Å². The number of benzene rings is 3. The van der Waals surface area contributed by atoms with Gasteiger partial charge in [-0.15, -0.1) is 0 Å². The van der Waals surface area contributed by atoms with Crippen molar-refractivity contribution in [3.63, 3.8) is 0 Å². The molecule has 1 amide bonds. The second-order valence-electron chi connectivity index (χ2n) is 8.32. The number of hydrogen-bond acceptors (Lipinski definition) is 4. The van der Waals surface area contributed by atoms with Crippen LogP contribution in [0.2, 0.25) is 0 Å². The van der Waals surface area contributed by atoms with Crippen LogP contribution in [0.1, 0.15) is 24.0 Å². The van der Waals surface area contributed by atoms with Gasteiger partial charge in [0, 0.05) is 36.8 Å². The molecular weight excluding hydrogens is 419 g/mol. The van der Waals surface area contributed by atoms with E-state index in [1.54, 1.807) is 43.3 Å². The zero-order chi connectivity index (χ0) is 23.3. The standard InChI is InChI=1S/C27H23FN2O3/c1-17(31)25-16-23(18-8-10-19(28)11-9-18)27(30(25)20-12-14-21(33-3)15-13-20)22-6-4-5-7-24(22)29(2)26(27)32/h4-16,23H,1-3H3/t23-,27+/m1/s1. The van der Waals surface area contributed by atoms with E-state index < -0.39 is 11.5 Å². The summed E-state index contributed by atoms with van der Waals surface area (Å²) in [4.78, 5) is 30.5. The predicted octanol–water partition coefficient (Wildman–Crippen LogP) is 4.78. The van der Waals surface area contributed by atoms with E-state index in [4.69, 9.17) is 4.74 Å². The van der Waals surface area contributed by atoms with Crippen molar-refractivity contribution in [2.45, 2.75) is 18.4 Å². The second kappa shape index (κ2) is 7.59. The number of amides is 1. The smallest absolute Gasteiger partial charge is 0.258 e. The molecule has 1 spiro atoms. The van der Waals surface area contributed by atoms with E-state index in [1.807, 2.05) is 47.4 Å². The summed E-state index contributed by atoms with van der Waals surface area (Å²) in [5.74, 6) is -0.497. The van der Waals surface area contributed by atoms with Crippen LogP contribution in [0, 0.1) is 5.82 Å². The molecule has 5 nitrogen and oxygen atoms in total. The van der Waals surface area contributed by atoms with Crippen molar-refractivity contribution in [3.05, 3.63) is 102 Å². The van der Waals surface area contributed by atoms with E-state index in [1.165, 1.54) is 19.1 Å². The summed E-state index contributed by atoms with van der Waals surface area (Å²) in [5.41, 5.74) is 2.23. The van der Waals surface area contributed by atoms with Gasteiger partial charge < -0.3 is 14.5 Å². The minimum atomic E-state index is -1.22. The molecule has 0 aliphatic carbocycles. The fourth-order valence-corrected chi connectivity index (χ4v) is 5.12. The van der Waals surface area contributed by atoms with Gasteiger partial charge in [0.1, 0.15) is 11.6 Å². The number of halogens is 1. The summed E-state index contributed by atoms with van der Waals surface area (Å²) in [5, 5.41) is 0. The molecule has 3 aromatic rings. The van der Waals surface area contributed by atoms with Crippen molar-refractivity contribution in [2.75, 3.05) is 24.0 Å². The van der Waals surface area contributed by atoms with Crippen LogP contribution in [0.5, 0.6) is 5.75 Å². The van der Waals surface area contributed by atoms with Crippen molar-refractivity contribution < 1.29 is 18.7 Å². The summed E-state index contributed by atoms with van der Waals surface area (Å²) in [7, 11) is 3.33. The SMILES string of the molecule is COc1ccc(N2C(C(C)=O)=C[C@H](c3ccc(F)cc3)[C@@]23C(=O)N(C)c2ccccc23)cc1. The third-order valence-corrected chi connectivity index (χ3v) is 6.60. The minimum Gasteiger partial charge on any atom is -0.497 e. The fraction of sp³-hybridized carbons (Fsp3) is 0.185. The Kier molecular flexibility index (Phi) is 4.81. The molecule has 0 saturated heterocycles. The maximum absolute atomic E-state index is 14.2. The average Bonchev–Trinajstić information content (AvgIpc) is 3.30. The number of ketones is 1. The van der Waals surface area contributed by atoms with Gasteiger partial charge in [-0.2, -0.15) is 0 Å². The Balaban J connectivity index is 1.83. The van der Waals surface area contributed by atoms with Crippen LogP contribution in [0.4, 0.5) is 15.8 Å². The van der Waals surface area contributed by atoms with Gasteiger partial charge in [-0.1, -0.05) is 30.3 Å². The molecule has 0 unspecified atom stereocenters. The Morgan fingerprint density at radius 3 is 2.30 bits per heavy atom. The van der Waals surface area contributed by atoms with Gasteiger partial charge in [0.15, 0.2) is 11.3 Å². The first kappa shape index (κ1) is 20.9. The zero-order valence-corrected chi connectivity index (χ0v) is 18.6. The summed E-state index contributed by atoms with van der Waals surface area (Å²) >= 11 is 0. The number of Topliss-reactive ketones (excluding diaryl/α,β-unsaturated/α-hetero) is 1. The maximum atomic E-state index is 14.2. The fourth-order valence-electron chi connectivity index (χ4n) is 5.12. The van der Waals surface area contributed by atoms with Crippen LogP contribution in [-0.2, 0) is 15.1 Å². The number of carbonyl (C=O) groups excluding carboxylic acids is 2. The van der Waals surface area contributed by atoms with E-state index in [-0.39, 0.29) is 17.5 Å². The Labute approximate surface area is 191 Å². The van der Waals surface area contributed by atoms with Crippen LogP contribution in [0.3, 0.4) is 0 Å². The van der Waals surface area contributed by atoms with Crippen LogP contribution in [-0.4, -0.2) is 25.8 Å². The van der Waals surface area contributed by atoms with Gasteiger partial charge in [0.25, 0.3) is 5.91 Å². The number of hydrogen-bond donors (Lipinski definition) is 0. The third kappa shape index (κ3) is 2.90. The number of ether oxygens (including phenoxy) is 1. The first-order valence-corrected chi connectivity index (χ1v) is 10.7.